The molecule has 0 unspecified atom stereocenters. The second-order valence-corrected chi connectivity index (χ2v) is 10.5. The average molecular weight is 571 g/mol. The van der Waals surface area contributed by atoms with Crippen molar-refractivity contribution in [2.24, 2.45) is 12.2 Å². The predicted octanol–water partition coefficient (Wildman–Crippen LogP) is -2.15. The normalized spacial score (nSPS) is 19.0. The highest BCUT2D eigenvalue weighted by atomic mass is 32.2. The van der Waals surface area contributed by atoms with Crippen LogP contribution in [0.1, 0.15) is 5.69 Å². The van der Waals surface area contributed by atoms with Crippen LogP contribution in [0.5, 0.6) is 0 Å². The van der Waals surface area contributed by atoms with Gasteiger partial charge in [0.05, 0.1) is 17.2 Å². The van der Waals surface area contributed by atoms with E-state index in [0.29, 0.717) is 17.0 Å². The van der Waals surface area contributed by atoms with E-state index < -0.39 is 29.2 Å². The van der Waals surface area contributed by atoms with Gasteiger partial charge in [-0.05, 0) is 6.07 Å². The van der Waals surface area contributed by atoms with Crippen molar-refractivity contribution in [2.75, 3.05) is 24.3 Å². The fraction of sp³-hybridized carbons (Fsp3) is 0.273. The van der Waals surface area contributed by atoms with Gasteiger partial charge in [0.2, 0.25) is 5.95 Å². The number of aromatic nitrogens is 5. The molecule has 0 radical (unpaired) electrons. The van der Waals surface area contributed by atoms with Crippen LogP contribution in [-0.2, 0) is 32.8 Å². The highest BCUT2D eigenvalue weighted by molar-refractivity contribution is 8.00. The molecule has 5 rings (SSSR count). The Bertz CT molecular complexity index is 1530. The van der Waals surface area contributed by atoms with E-state index in [-0.39, 0.29) is 40.5 Å². The first-order chi connectivity index (χ1) is 18.7. The number of carbonyl (C=O) groups excluding carboxylic acids is 3. The fourth-order valence-corrected chi connectivity index (χ4v) is 6.07. The van der Waals surface area contributed by atoms with E-state index in [1.54, 1.807) is 36.1 Å². The van der Waals surface area contributed by atoms with Gasteiger partial charge < -0.3 is 31.5 Å². The molecular weight excluding hydrogens is 548 g/mol. The summed E-state index contributed by atoms with van der Waals surface area (Å²) < 4.78 is 3.21. The van der Waals surface area contributed by atoms with Crippen LogP contribution in [0.4, 0.5) is 11.1 Å². The SMILES string of the molecule is CO/N=C(/C(=O)N[C@@H]1C(=O)N2C(C(=O)[O-])=C(C[n+]3cccc(-c4nc(N)n(C)n4)c3)CS[C@H]12)c1csc(N)n1. The zero-order chi connectivity index (χ0) is 27.8. The Hall–Kier alpha value is -4.51. The lowest BCUT2D eigenvalue weighted by Crippen LogP contribution is -2.71. The summed E-state index contributed by atoms with van der Waals surface area (Å²) in [5, 5.41) is 23.9. The molecule has 0 bridgehead atoms. The number of aliphatic carboxylic acids is 1. The summed E-state index contributed by atoms with van der Waals surface area (Å²) >= 11 is 2.44. The first-order valence-electron chi connectivity index (χ1n) is 11.3. The fourth-order valence-electron chi connectivity index (χ4n) is 4.19. The number of hydrogen-bond donors (Lipinski definition) is 3. The number of β-lactam (4-membered cyclic amide) rings is 1. The Morgan fingerprint density at radius 2 is 2.15 bits per heavy atom. The van der Waals surface area contributed by atoms with Crippen LogP contribution in [0.15, 0.2) is 46.3 Å². The number of fused-ring (bicyclic) bond motifs is 1. The summed E-state index contributed by atoms with van der Waals surface area (Å²) in [4.78, 5) is 52.3. The smallest absolute Gasteiger partial charge is 0.276 e. The van der Waals surface area contributed by atoms with Crippen LogP contribution in [0.25, 0.3) is 11.4 Å². The van der Waals surface area contributed by atoms with Crippen molar-refractivity contribution in [3.63, 3.8) is 0 Å². The number of pyridine rings is 1. The number of rotatable bonds is 8. The summed E-state index contributed by atoms with van der Waals surface area (Å²) in [6, 6.07) is 2.60. The zero-order valence-corrected chi connectivity index (χ0v) is 22.2. The molecular formula is C22H22N10O5S2. The number of carboxylic acids is 1. The van der Waals surface area contributed by atoms with Crippen molar-refractivity contribution >= 4 is 57.7 Å². The van der Waals surface area contributed by atoms with E-state index in [1.165, 1.54) is 28.9 Å². The second-order valence-electron chi connectivity index (χ2n) is 8.48. The standard InChI is InChI=1S/C22H22N10O5S2/c1-30-21(23)27-16(28-30)10-4-3-5-31(6-10)7-11-8-38-19-14(18(34)32(19)15(11)20(35)36)26-17(33)13(29-37-2)12-9-39-22(24)25-12/h3-6,9,14,19H,7-8H2,1-2H3,(H5-,23,24,25,26,27,28,33,35,36)/b29-13+/t14-,19-/m1/s1. The van der Waals surface area contributed by atoms with Gasteiger partial charge in [-0.15, -0.1) is 28.2 Å². The monoisotopic (exact) mass is 570 g/mol. The van der Waals surface area contributed by atoms with E-state index in [4.69, 9.17) is 16.3 Å². The third-order valence-electron chi connectivity index (χ3n) is 5.98. The summed E-state index contributed by atoms with van der Waals surface area (Å²) in [6.45, 7) is 0.176. The van der Waals surface area contributed by atoms with Crippen LogP contribution >= 0.6 is 23.1 Å². The number of thiazole rings is 1. The third-order valence-corrected chi connectivity index (χ3v) is 7.99. The van der Waals surface area contributed by atoms with Gasteiger partial charge in [0.15, 0.2) is 35.6 Å². The maximum absolute atomic E-state index is 13.1. The number of amides is 2. The van der Waals surface area contributed by atoms with Gasteiger partial charge in [-0.1, -0.05) is 5.16 Å². The van der Waals surface area contributed by atoms with E-state index in [9.17, 15) is 19.5 Å². The molecule has 0 aliphatic carbocycles. The molecule has 202 valence electrons. The summed E-state index contributed by atoms with van der Waals surface area (Å²) in [7, 11) is 2.94. The average Bonchev–Trinajstić information content (AvgIpc) is 3.49. The number of nitrogens with zero attached hydrogens (tertiary/aromatic N) is 7. The van der Waals surface area contributed by atoms with Gasteiger partial charge in [-0.2, -0.15) is 4.98 Å². The number of aryl methyl sites for hydroxylation is 1. The molecule has 2 amide bonds. The molecule has 2 aliphatic rings. The minimum absolute atomic E-state index is 0.158. The lowest BCUT2D eigenvalue weighted by molar-refractivity contribution is -0.688. The number of carboxylic acid groups (broad SMARTS) is 1. The van der Waals surface area contributed by atoms with Gasteiger partial charge in [-0.3, -0.25) is 14.5 Å². The molecule has 1 fully saturated rings. The minimum atomic E-state index is -1.48. The summed E-state index contributed by atoms with van der Waals surface area (Å²) in [6.07, 6.45) is 3.52. The Morgan fingerprint density at radius 1 is 1.36 bits per heavy atom. The molecule has 2 atom stereocenters. The Balaban J connectivity index is 1.35. The van der Waals surface area contributed by atoms with Crippen LogP contribution in [-0.4, -0.2) is 72.4 Å². The van der Waals surface area contributed by atoms with E-state index in [1.807, 2.05) is 0 Å². The summed E-state index contributed by atoms with van der Waals surface area (Å²) in [5.74, 6) is -1.81. The molecule has 2 aliphatic heterocycles. The molecule has 0 spiro atoms. The van der Waals surface area contributed by atoms with Crippen LogP contribution in [0.2, 0.25) is 0 Å². The molecule has 17 heteroatoms. The summed E-state index contributed by atoms with van der Waals surface area (Å²) in [5.41, 5.74) is 12.4. The lowest BCUT2D eigenvalue weighted by atomic mass is 10.0. The van der Waals surface area contributed by atoms with Crippen molar-refractivity contribution in [2.45, 2.75) is 18.0 Å². The van der Waals surface area contributed by atoms with Gasteiger partial charge in [0.25, 0.3) is 11.8 Å². The molecule has 39 heavy (non-hydrogen) atoms. The first-order valence-corrected chi connectivity index (χ1v) is 13.3. The van der Waals surface area contributed by atoms with E-state index in [2.05, 4.69) is 25.5 Å². The molecule has 5 heterocycles. The van der Waals surface area contributed by atoms with Gasteiger partial charge in [0, 0.05) is 29.8 Å². The Labute approximate surface area is 229 Å². The van der Waals surface area contributed by atoms with Crippen LogP contribution < -0.4 is 26.5 Å². The number of hydrogen-bond acceptors (Lipinski definition) is 13. The number of nitrogen functional groups attached to an aromatic ring is 2. The molecule has 0 saturated carbocycles. The maximum Gasteiger partial charge on any atom is 0.276 e. The zero-order valence-electron chi connectivity index (χ0n) is 20.6. The largest absolute Gasteiger partial charge is 0.543 e. The third kappa shape index (κ3) is 4.88. The van der Waals surface area contributed by atoms with Crippen molar-refractivity contribution in [3.8, 4) is 11.4 Å². The van der Waals surface area contributed by atoms with Crippen molar-refractivity contribution < 1.29 is 28.9 Å². The Morgan fingerprint density at radius 3 is 2.79 bits per heavy atom. The molecule has 15 nitrogen and oxygen atoms in total. The molecule has 0 aromatic carbocycles. The van der Waals surface area contributed by atoms with Gasteiger partial charge in [-0.25, -0.2) is 14.2 Å². The number of nitrogens with one attached hydrogen (secondary N) is 1. The maximum atomic E-state index is 13.1. The minimum Gasteiger partial charge on any atom is -0.543 e. The highest BCUT2D eigenvalue weighted by Crippen LogP contribution is 2.40. The molecule has 3 aromatic rings. The molecule has 3 aromatic heterocycles. The van der Waals surface area contributed by atoms with E-state index in [0.717, 1.165) is 16.2 Å². The van der Waals surface area contributed by atoms with Crippen molar-refractivity contribution in [3.05, 3.63) is 46.9 Å². The van der Waals surface area contributed by atoms with Crippen molar-refractivity contribution in [1.82, 2.24) is 30.0 Å². The molecule has 1 saturated heterocycles. The number of thioether (sulfide) groups is 1. The number of nitrogens with two attached hydrogens (primary N) is 2. The number of anilines is 2. The topological polar surface area (TPSA) is 211 Å². The predicted molar refractivity (Wildman–Crippen MR) is 138 cm³/mol. The van der Waals surface area contributed by atoms with Gasteiger partial charge >= 0.3 is 0 Å². The highest BCUT2D eigenvalue weighted by Gasteiger charge is 2.53. The molecule has 5 N–H and O–H groups in total. The first kappa shape index (κ1) is 26.1. The van der Waals surface area contributed by atoms with E-state index >= 15 is 0 Å². The van der Waals surface area contributed by atoms with Gasteiger partial charge in [0.1, 0.15) is 24.2 Å². The second kappa shape index (κ2) is 10.3. The quantitative estimate of drug-likeness (QED) is 0.115. The number of oxime groups is 1. The Kier molecular flexibility index (Phi) is 6.92. The van der Waals surface area contributed by atoms with Crippen molar-refractivity contribution in [1.29, 1.82) is 0 Å². The van der Waals surface area contributed by atoms with Crippen LogP contribution in [0.3, 0.4) is 0 Å². The number of carbonyl (C=O) groups is 3. The van der Waals surface area contributed by atoms with Crippen LogP contribution in [0, 0.1) is 0 Å². The lowest BCUT2D eigenvalue weighted by Gasteiger charge is -2.50.